The van der Waals surface area contributed by atoms with Crippen LogP contribution in [0.2, 0.25) is 0 Å². The average Bonchev–Trinajstić information content (AvgIpc) is 3.87. The number of nitrogens with zero attached hydrogens (tertiary/aromatic N) is 5. The van der Waals surface area contributed by atoms with Crippen molar-refractivity contribution < 1.29 is 4.42 Å². The van der Waals surface area contributed by atoms with Crippen molar-refractivity contribution in [3.8, 4) is 68.6 Å². The first-order valence-corrected chi connectivity index (χ1v) is 17.7. The number of hydrogen-bond donors (Lipinski definition) is 0. The van der Waals surface area contributed by atoms with Gasteiger partial charge in [0.15, 0.2) is 17.5 Å². The predicted molar refractivity (Wildman–Crippen MR) is 209 cm³/mol. The molecule has 7 aromatic carbocycles. The first-order chi connectivity index (χ1) is 26.6. The molecule has 9 aromatic rings. The zero-order valence-electron chi connectivity index (χ0n) is 28.6. The highest BCUT2D eigenvalue weighted by molar-refractivity contribution is 6.16. The average molecular weight is 688 g/mol. The van der Waals surface area contributed by atoms with E-state index in [2.05, 4.69) is 72.8 Å². The molecule has 2 aliphatic carbocycles. The van der Waals surface area contributed by atoms with Crippen LogP contribution in [0.4, 0.5) is 0 Å². The molecule has 54 heavy (non-hydrogen) atoms. The van der Waals surface area contributed by atoms with Gasteiger partial charge in [-0.2, -0.15) is 10.5 Å². The van der Waals surface area contributed by atoms with E-state index in [0.717, 1.165) is 83.1 Å². The summed E-state index contributed by atoms with van der Waals surface area (Å²) in [7, 11) is 0. The summed E-state index contributed by atoms with van der Waals surface area (Å²) in [6, 6.07) is 55.6. The minimum atomic E-state index is -0.712. The zero-order chi connectivity index (χ0) is 36.0. The van der Waals surface area contributed by atoms with E-state index in [1.54, 1.807) is 6.07 Å². The van der Waals surface area contributed by atoms with Crippen molar-refractivity contribution in [3.63, 3.8) is 0 Å². The molecule has 2 aliphatic rings. The quantitative estimate of drug-likeness (QED) is 0.183. The third-order valence-corrected chi connectivity index (χ3v) is 11.0. The maximum absolute atomic E-state index is 10.2. The molecule has 0 amide bonds. The van der Waals surface area contributed by atoms with E-state index in [0.29, 0.717) is 28.6 Å². The monoisotopic (exact) mass is 687 g/mol. The van der Waals surface area contributed by atoms with Gasteiger partial charge in [-0.1, -0.05) is 109 Å². The van der Waals surface area contributed by atoms with Crippen LogP contribution in [0.1, 0.15) is 33.4 Å². The molecule has 0 radical (unpaired) electrons. The molecular formula is C48H25N5O. The lowest BCUT2D eigenvalue weighted by Gasteiger charge is -2.30. The number of fused-ring (bicyclic) bond motifs is 14. The number of hydrogen-bond acceptors (Lipinski definition) is 6. The second-order valence-electron chi connectivity index (χ2n) is 13.8. The molecule has 0 N–H and O–H groups in total. The number of furan rings is 1. The van der Waals surface area contributed by atoms with Crippen molar-refractivity contribution in [2.45, 2.75) is 5.41 Å². The first-order valence-electron chi connectivity index (χ1n) is 17.7. The molecule has 6 heteroatoms. The van der Waals surface area contributed by atoms with Crippen LogP contribution in [-0.2, 0) is 5.41 Å². The lowest BCUT2D eigenvalue weighted by Crippen LogP contribution is -2.26. The van der Waals surface area contributed by atoms with Crippen LogP contribution < -0.4 is 0 Å². The van der Waals surface area contributed by atoms with E-state index < -0.39 is 5.41 Å². The maximum atomic E-state index is 10.2. The molecule has 248 valence electrons. The van der Waals surface area contributed by atoms with Crippen LogP contribution in [0.5, 0.6) is 0 Å². The van der Waals surface area contributed by atoms with Gasteiger partial charge >= 0.3 is 0 Å². The van der Waals surface area contributed by atoms with Gasteiger partial charge in [0, 0.05) is 27.5 Å². The van der Waals surface area contributed by atoms with Crippen molar-refractivity contribution >= 4 is 21.9 Å². The molecule has 1 unspecified atom stereocenters. The van der Waals surface area contributed by atoms with E-state index in [4.69, 9.17) is 19.4 Å². The van der Waals surface area contributed by atoms with Gasteiger partial charge in [-0.15, -0.1) is 0 Å². The molecule has 0 aliphatic heterocycles. The van der Waals surface area contributed by atoms with Gasteiger partial charge in [-0.05, 0) is 87.0 Å². The predicted octanol–water partition coefficient (Wildman–Crippen LogP) is 10.9. The largest absolute Gasteiger partial charge is 0.456 e. The van der Waals surface area contributed by atoms with E-state index >= 15 is 0 Å². The smallest absolute Gasteiger partial charge is 0.164 e. The van der Waals surface area contributed by atoms with E-state index in [1.165, 1.54) is 0 Å². The summed E-state index contributed by atoms with van der Waals surface area (Å²) >= 11 is 0. The Hall–Kier alpha value is -7.67. The highest BCUT2D eigenvalue weighted by Gasteiger charge is 2.52. The molecule has 0 bridgehead atoms. The summed E-state index contributed by atoms with van der Waals surface area (Å²) in [5.74, 6) is 1.80. The summed E-state index contributed by atoms with van der Waals surface area (Å²) in [6.07, 6.45) is 0. The van der Waals surface area contributed by atoms with Gasteiger partial charge in [-0.3, -0.25) is 0 Å². The topological polar surface area (TPSA) is 99.4 Å². The molecule has 2 heterocycles. The molecule has 6 nitrogen and oxygen atoms in total. The summed E-state index contributed by atoms with van der Waals surface area (Å²) in [4.78, 5) is 15.0. The Morgan fingerprint density at radius 2 is 1.04 bits per heavy atom. The van der Waals surface area contributed by atoms with Crippen LogP contribution in [0, 0.1) is 22.7 Å². The van der Waals surface area contributed by atoms with E-state index in [1.807, 2.05) is 84.9 Å². The van der Waals surface area contributed by atoms with Crippen LogP contribution in [0.15, 0.2) is 156 Å². The summed E-state index contributed by atoms with van der Waals surface area (Å²) in [5, 5.41) is 21.9. The number of aromatic nitrogens is 3. The SMILES string of the molecule is N#Cc1ccc2c(c1)C1(c3ccccc3-c3cc(-c4nc(-c5ccccc5)nc(-c5ccccc5)n4)ccc31)c1ccc3oc4ccc(C#N)cc4c3c1-2. The van der Waals surface area contributed by atoms with Gasteiger partial charge in [-0.25, -0.2) is 15.0 Å². The highest BCUT2D eigenvalue weighted by atomic mass is 16.3. The molecule has 0 saturated carbocycles. The Kier molecular flexibility index (Phi) is 6.20. The fourth-order valence-corrected chi connectivity index (χ4v) is 8.76. The van der Waals surface area contributed by atoms with E-state index in [-0.39, 0.29) is 0 Å². The van der Waals surface area contributed by atoms with E-state index in [9.17, 15) is 10.5 Å². The molecule has 11 rings (SSSR count). The third-order valence-electron chi connectivity index (χ3n) is 11.0. The van der Waals surface area contributed by atoms with Crippen LogP contribution in [0.3, 0.4) is 0 Å². The van der Waals surface area contributed by atoms with Gasteiger partial charge in [0.25, 0.3) is 0 Å². The Labute approximate surface area is 309 Å². The second kappa shape index (κ2) is 11.2. The van der Waals surface area contributed by atoms with Crippen molar-refractivity contribution in [3.05, 3.63) is 185 Å². The number of rotatable bonds is 3. The molecule has 2 aromatic heterocycles. The Morgan fingerprint density at radius 3 is 1.76 bits per heavy atom. The van der Waals surface area contributed by atoms with Crippen LogP contribution >= 0.6 is 0 Å². The lowest BCUT2D eigenvalue weighted by atomic mass is 9.70. The van der Waals surface area contributed by atoms with Crippen LogP contribution in [-0.4, -0.2) is 15.0 Å². The maximum Gasteiger partial charge on any atom is 0.164 e. The minimum absolute atomic E-state index is 0.573. The molecule has 0 saturated heterocycles. The molecule has 0 fully saturated rings. The van der Waals surface area contributed by atoms with Crippen molar-refractivity contribution in [2.24, 2.45) is 0 Å². The minimum Gasteiger partial charge on any atom is -0.456 e. The molecule has 1 spiro atoms. The van der Waals surface area contributed by atoms with Gasteiger partial charge in [0.1, 0.15) is 11.2 Å². The first kappa shape index (κ1) is 30.0. The summed E-state index contributed by atoms with van der Waals surface area (Å²) in [6.45, 7) is 0. The number of benzene rings is 7. The molecule has 1 atom stereocenters. The Balaban J connectivity index is 1.20. The number of nitriles is 2. The zero-order valence-corrected chi connectivity index (χ0v) is 28.6. The fraction of sp³-hybridized carbons (Fsp3) is 0.0208. The van der Waals surface area contributed by atoms with Gasteiger partial charge < -0.3 is 4.42 Å². The third kappa shape index (κ3) is 4.05. The second-order valence-corrected chi connectivity index (χ2v) is 13.8. The molecular weight excluding hydrogens is 663 g/mol. The van der Waals surface area contributed by atoms with Gasteiger partial charge in [0.2, 0.25) is 0 Å². The van der Waals surface area contributed by atoms with Gasteiger partial charge in [0.05, 0.1) is 28.7 Å². The van der Waals surface area contributed by atoms with Crippen molar-refractivity contribution in [1.82, 2.24) is 15.0 Å². The van der Waals surface area contributed by atoms with Crippen molar-refractivity contribution in [2.75, 3.05) is 0 Å². The Bertz CT molecular complexity index is 3080. The Morgan fingerprint density at radius 1 is 0.444 bits per heavy atom. The highest BCUT2D eigenvalue weighted by Crippen LogP contribution is 2.64. The summed E-state index contributed by atoms with van der Waals surface area (Å²) in [5.41, 5.74) is 13.4. The fourth-order valence-electron chi connectivity index (χ4n) is 8.76. The van der Waals surface area contributed by atoms with Crippen molar-refractivity contribution in [1.29, 1.82) is 10.5 Å². The standard InChI is InChI=1S/C48H25N5O/c49-26-28-16-21-41-36(23-28)44-42(54-41)22-20-39-43(44)34-18-15-29(27-50)24-40(34)48(39)37-14-8-7-13-33(37)35-25-32(17-19-38(35)48)47-52-45(30-9-3-1-4-10-30)51-46(53-47)31-11-5-2-6-12-31/h1-25H. The normalized spacial score (nSPS) is 14.7. The summed E-state index contributed by atoms with van der Waals surface area (Å²) < 4.78 is 6.39. The lowest BCUT2D eigenvalue weighted by molar-refractivity contribution is 0.668. The van der Waals surface area contributed by atoms with Crippen LogP contribution in [0.25, 0.3) is 78.4 Å².